The number of aromatic hydroxyl groups is 1. The summed E-state index contributed by atoms with van der Waals surface area (Å²) >= 11 is 0. The zero-order valence-corrected chi connectivity index (χ0v) is 20.0. The zero-order valence-electron chi connectivity index (χ0n) is 20.0. The number of carbonyl (C=O) groups excluding carboxylic acids is 3. The Labute approximate surface area is 203 Å². The first-order valence-electron chi connectivity index (χ1n) is 11.2. The van der Waals surface area contributed by atoms with Crippen molar-refractivity contribution in [2.24, 2.45) is 11.7 Å². The summed E-state index contributed by atoms with van der Waals surface area (Å²) in [5.41, 5.74) is 6.14. The van der Waals surface area contributed by atoms with E-state index < -0.39 is 60.2 Å². The minimum Gasteiger partial charge on any atom is -0.508 e. The molecule has 1 aromatic rings. The first kappa shape index (κ1) is 29.4. The third-order valence-electron chi connectivity index (χ3n) is 5.02. The van der Waals surface area contributed by atoms with E-state index in [0.29, 0.717) is 5.56 Å². The highest BCUT2D eigenvalue weighted by atomic mass is 16.4. The number of carboxylic acid groups (broad SMARTS) is 2. The van der Waals surface area contributed by atoms with Gasteiger partial charge in [0.05, 0.1) is 6.04 Å². The molecule has 0 saturated heterocycles. The van der Waals surface area contributed by atoms with Gasteiger partial charge in [-0.1, -0.05) is 26.0 Å². The number of nitrogens with one attached hydrogen (secondary N) is 3. The summed E-state index contributed by atoms with van der Waals surface area (Å²) in [6.45, 7) is 5.15. The fourth-order valence-corrected chi connectivity index (χ4v) is 3.15. The van der Waals surface area contributed by atoms with Crippen LogP contribution >= 0.6 is 0 Å². The molecule has 0 aliphatic rings. The molecule has 4 unspecified atom stereocenters. The lowest BCUT2D eigenvalue weighted by Gasteiger charge is -2.26. The maximum absolute atomic E-state index is 13.0. The number of phenols is 1. The van der Waals surface area contributed by atoms with E-state index in [1.807, 2.05) is 13.8 Å². The molecule has 0 aliphatic heterocycles. The molecular formula is C23H34N4O8. The number of hydrogen-bond acceptors (Lipinski definition) is 7. The predicted octanol–water partition coefficient (Wildman–Crippen LogP) is -0.268. The zero-order chi connectivity index (χ0) is 26.7. The van der Waals surface area contributed by atoms with Gasteiger partial charge in [-0.3, -0.25) is 19.2 Å². The van der Waals surface area contributed by atoms with Crippen molar-refractivity contribution in [3.05, 3.63) is 29.8 Å². The van der Waals surface area contributed by atoms with E-state index in [-0.39, 0.29) is 30.9 Å². The Morgan fingerprint density at radius 2 is 1.34 bits per heavy atom. The molecule has 8 N–H and O–H groups in total. The number of benzene rings is 1. The van der Waals surface area contributed by atoms with Crippen molar-refractivity contribution in [1.82, 2.24) is 16.0 Å². The lowest BCUT2D eigenvalue weighted by molar-refractivity contribution is -0.143. The first-order valence-corrected chi connectivity index (χ1v) is 11.2. The largest absolute Gasteiger partial charge is 0.508 e. The second-order valence-electron chi connectivity index (χ2n) is 8.74. The summed E-state index contributed by atoms with van der Waals surface area (Å²) < 4.78 is 0. The smallest absolute Gasteiger partial charge is 0.326 e. The minimum absolute atomic E-state index is 0.00554. The molecule has 35 heavy (non-hydrogen) atoms. The van der Waals surface area contributed by atoms with Gasteiger partial charge in [0.1, 0.15) is 23.9 Å². The molecule has 0 bridgehead atoms. The van der Waals surface area contributed by atoms with Crippen LogP contribution in [0.1, 0.15) is 45.6 Å². The van der Waals surface area contributed by atoms with Crippen LogP contribution in [0.5, 0.6) is 5.75 Å². The molecule has 0 aliphatic carbocycles. The second kappa shape index (κ2) is 13.9. The van der Waals surface area contributed by atoms with Gasteiger partial charge >= 0.3 is 11.9 Å². The Balaban J connectivity index is 3.14. The number of phenolic OH excluding ortho intramolecular Hbond substituents is 1. The maximum atomic E-state index is 13.0. The predicted molar refractivity (Wildman–Crippen MR) is 125 cm³/mol. The van der Waals surface area contributed by atoms with E-state index in [4.69, 9.17) is 10.8 Å². The molecule has 0 radical (unpaired) electrons. The van der Waals surface area contributed by atoms with E-state index in [1.165, 1.54) is 31.2 Å². The number of amides is 3. The Morgan fingerprint density at radius 1 is 0.829 bits per heavy atom. The van der Waals surface area contributed by atoms with Gasteiger partial charge in [0.25, 0.3) is 0 Å². The molecule has 0 saturated carbocycles. The summed E-state index contributed by atoms with van der Waals surface area (Å²) in [6.07, 6.45) is -0.629. The van der Waals surface area contributed by atoms with Gasteiger partial charge in [0.15, 0.2) is 0 Å². The fourth-order valence-electron chi connectivity index (χ4n) is 3.15. The standard InChI is InChI=1S/C23H34N4O8/c1-12(2)10-17(26-20(31)13(3)24)21(32)27-18(11-14-4-6-15(28)7-5-14)22(33)25-16(23(34)35)8-9-19(29)30/h4-7,12-13,16-18,28H,8-11,24H2,1-3H3,(H,25,33)(H,26,31)(H,27,32)(H,29,30)(H,34,35). The van der Waals surface area contributed by atoms with E-state index in [0.717, 1.165) is 0 Å². The van der Waals surface area contributed by atoms with E-state index >= 15 is 0 Å². The van der Waals surface area contributed by atoms with Gasteiger partial charge in [-0.25, -0.2) is 4.79 Å². The number of rotatable bonds is 14. The van der Waals surface area contributed by atoms with Gasteiger partial charge in [-0.15, -0.1) is 0 Å². The van der Waals surface area contributed by atoms with Gasteiger partial charge in [0.2, 0.25) is 17.7 Å². The number of nitrogens with two attached hydrogens (primary N) is 1. The molecule has 194 valence electrons. The van der Waals surface area contributed by atoms with Gasteiger partial charge in [0, 0.05) is 12.8 Å². The van der Waals surface area contributed by atoms with Crippen LogP contribution in [0.25, 0.3) is 0 Å². The molecule has 1 rings (SSSR count). The molecule has 3 amide bonds. The highest BCUT2D eigenvalue weighted by molar-refractivity contribution is 5.94. The normalized spacial score (nSPS) is 14.3. The first-order chi connectivity index (χ1) is 16.3. The molecule has 0 spiro atoms. The van der Waals surface area contributed by atoms with E-state index in [9.17, 15) is 34.2 Å². The SMILES string of the molecule is CC(C)CC(NC(=O)C(C)N)C(=O)NC(Cc1ccc(O)cc1)C(=O)NC(CCC(=O)O)C(=O)O. The Bertz CT molecular complexity index is 901. The van der Waals surface area contributed by atoms with Crippen LogP contribution in [0.4, 0.5) is 0 Å². The van der Waals surface area contributed by atoms with Gasteiger partial charge in [-0.05, 0) is 43.4 Å². The molecule has 1 aromatic carbocycles. The Morgan fingerprint density at radius 3 is 1.83 bits per heavy atom. The van der Waals surface area contributed by atoms with Crippen molar-refractivity contribution in [2.75, 3.05) is 0 Å². The lowest BCUT2D eigenvalue weighted by Crippen LogP contribution is -2.57. The van der Waals surface area contributed by atoms with Crippen LogP contribution < -0.4 is 21.7 Å². The number of carboxylic acids is 2. The van der Waals surface area contributed by atoms with Crippen molar-refractivity contribution in [3.63, 3.8) is 0 Å². The summed E-state index contributed by atoms with van der Waals surface area (Å²) in [5, 5.41) is 35.1. The fraction of sp³-hybridized carbons (Fsp3) is 0.522. The average molecular weight is 495 g/mol. The summed E-state index contributed by atoms with van der Waals surface area (Å²) in [6, 6.07) is 1.26. The number of aliphatic carboxylic acids is 2. The van der Waals surface area contributed by atoms with Crippen molar-refractivity contribution in [2.45, 2.75) is 70.6 Å². The van der Waals surface area contributed by atoms with Crippen LogP contribution in [-0.2, 0) is 30.4 Å². The minimum atomic E-state index is -1.48. The Kier molecular flexibility index (Phi) is 11.7. The topological polar surface area (TPSA) is 208 Å². The quantitative estimate of drug-likeness (QED) is 0.181. The van der Waals surface area contributed by atoms with Crippen molar-refractivity contribution in [1.29, 1.82) is 0 Å². The molecule has 0 fully saturated rings. The van der Waals surface area contributed by atoms with Crippen LogP contribution in [0, 0.1) is 5.92 Å². The van der Waals surface area contributed by atoms with Crippen molar-refractivity contribution in [3.8, 4) is 5.75 Å². The third kappa shape index (κ3) is 10.9. The van der Waals surface area contributed by atoms with Crippen LogP contribution in [0.2, 0.25) is 0 Å². The second-order valence-corrected chi connectivity index (χ2v) is 8.74. The van der Waals surface area contributed by atoms with E-state index in [1.54, 1.807) is 0 Å². The molecule has 4 atom stereocenters. The summed E-state index contributed by atoms with van der Waals surface area (Å²) in [5.74, 6) is -4.69. The maximum Gasteiger partial charge on any atom is 0.326 e. The van der Waals surface area contributed by atoms with E-state index in [2.05, 4.69) is 16.0 Å². The molecule has 12 heteroatoms. The van der Waals surface area contributed by atoms with Crippen LogP contribution in [0.3, 0.4) is 0 Å². The molecule has 0 heterocycles. The third-order valence-corrected chi connectivity index (χ3v) is 5.02. The molecular weight excluding hydrogens is 460 g/mol. The number of hydrogen-bond donors (Lipinski definition) is 7. The molecule has 0 aromatic heterocycles. The van der Waals surface area contributed by atoms with Crippen LogP contribution in [-0.4, -0.2) is 69.1 Å². The van der Waals surface area contributed by atoms with Crippen molar-refractivity contribution >= 4 is 29.7 Å². The average Bonchev–Trinajstić information content (AvgIpc) is 2.76. The monoisotopic (exact) mass is 494 g/mol. The molecule has 12 nitrogen and oxygen atoms in total. The van der Waals surface area contributed by atoms with Gasteiger partial charge < -0.3 is 37.0 Å². The van der Waals surface area contributed by atoms with Crippen molar-refractivity contribution < 1.29 is 39.3 Å². The van der Waals surface area contributed by atoms with Crippen LogP contribution in [0.15, 0.2) is 24.3 Å². The Hall–Kier alpha value is -3.67. The highest BCUT2D eigenvalue weighted by Crippen LogP contribution is 2.13. The highest BCUT2D eigenvalue weighted by Gasteiger charge is 2.30. The lowest BCUT2D eigenvalue weighted by atomic mass is 10.0. The number of carbonyl (C=O) groups is 5. The summed E-state index contributed by atoms with van der Waals surface area (Å²) in [7, 11) is 0. The van der Waals surface area contributed by atoms with Gasteiger partial charge in [-0.2, -0.15) is 0 Å². The summed E-state index contributed by atoms with van der Waals surface area (Å²) in [4.78, 5) is 60.5.